The number of furan rings is 1. The van der Waals surface area contributed by atoms with E-state index in [2.05, 4.69) is 5.32 Å². The van der Waals surface area contributed by atoms with Crippen molar-refractivity contribution in [3.63, 3.8) is 0 Å². The third-order valence-corrected chi connectivity index (χ3v) is 5.73. The van der Waals surface area contributed by atoms with Crippen LogP contribution in [0.1, 0.15) is 37.9 Å². The zero-order valence-electron chi connectivity index (χ0n) is 16.9. The Bertz CT molecular complexity index is 846. The number of likely N-dealkylation sites (tertiary alicyclic amines) is 1. The molecule has 2 heterocycles. The van der Waals surface area contributed by atoms with Crippen molar-refractivity contribution in [3.8, 4) is 17.1 Å². The molecule has 1 saturated carbocycles. The van der Waals surface area contributed by atoms with Gasteiger partial charge >= 0.3 is 0 Å². The molecule has 1 aromatic carbocycles. The summed E-state index contributed by atoms with van der Waals surface area (Å²) in [7, 11) is 1.64. The van der Waals surface area contributed by atoms with Crippen molar-refractivity contribution in [2.75, 3.05) is 20.2 Å². The summed E-state index contributed by atoms with van der Waals surface area (Å²) in [5.74, 6) is 3.02. The van der Waals surface area contributed by atoms with Gasteiger partial charge in [0.25, 0.3) is 0 Å². The number of hydrogen-bond donors (Lipinski definition) is 1. The molecule has 0 radical (unpaired) electrons. The molecule has 0 atom stereocenters. The Kier molecular flexibility index (Phi) is 5.88. The molecule has 1 aliphatic carbocycles. The fourth-order valence-corrected chi connectivity index (χ4v) is 3.79. The van der Waals surface area contributed by atoms with E-state index in [1.165, 1.54) is 0 Å². The maximum Gasteiger partial charge on any atom is 0.225 e. The van der Waals surface area contributed by atoms with E-state index in [0.29, 0.717) is 18.7 Å². The minimum absolute atomic E-state index is 0.0411. The zero-order valence-corrected chi connectivity index (χ0v) is 16.9. The van der Waals surface area contributed by atoms with Crippen LogP contribution in [0.5, 0.6) is 5.75 Å². The molecule has 4 rings (SSSR count). The number of benzene rings is 1. The van der Waals surface area contributed by atoms with Crippen molar-refractivity contribution < 1.29 is 18.7 Å². The highest BCUT2D eigenvalue weighted by molar-refractivity contribution is 5.81. The highest BCUT2D eigenvalue weighted by atomic mass is 16.5. The van der Waals surface area contributed by atoms with Crippen molar-refractivity contribution in [1.29, 1.82) is 0 Å². The minimum Gasteiger partial charge on any atom is -0.497 e. The van der Waals surface area contributed by atoms with Gasteiger partial charge in [-0.05, 0) is 62.1 Å². The molecule has 0 spiro atoms. The number of carbonyl (C=O) groups excluding carboxylic acids is 2. The van der Waals surface area contributed by atoms with Crippen molar-refractivity contribution in [1.82, 2.24) is 10.2 Å². The van der Waals surface area contributed by atoms with Crippen molar-refractivity contribution in [3.05, 3.63) is 42.2 Å². The SMILES string of the molecule is COc1ccc(-c2ccc(CCC(=O)NC3CCN(C(=O)C4CC4)CC3)o2)cc1. The van der Waals surface area contributed by atoms with Gasteiger partial charge in [0, 0.05) is 43.5 Å². The van der Waals surface area contributed by atoms with Crippen LogP contribution in [-0.2, 0) is 16.0 Å². The first-order chi connectivity index (χ1) is 14.1. The predicted octanol–water partition coefficient (Wildman–Crippen LogP) is 3.41. The van der Waals surface area contributed by atoms with Gasteiger partial charge in [0.2, 0.25) is 11.8 Å². The Hall–Kier alpha value is -2.76. The second kappa shape index (κ2) is 8.72. The lowest BCUT2D eigenvalue weighted by atomic mass is 10.0. The molecule has 1 N–H and O–H groups in total. The number of nitrogens with zero attached hydrogens (tertiary/aromatic N) is 1. The van der Waals surface area contributed by atoms with Crippen molar-refractivity contribution in [2.24, 2.45) is 5.92 Å². The van der Waals surface area contributed by atoms with Crippen molar-refractivity contribution in [2.45, 2.75) is 44.6 Å². The third kappa shape index (κ3) is 5.00. The number of methoxy groups -OCH3 is 1. The Balaban J connectivity index is 1.21. The van der Waals surface area contributed by atoms with E-state index >= 15 is 0 Å². The smallest absolute Gasteiger partial charge is 0.225 e. The summed E-state index contributed by atoms with van der Waals surface area (Å²) in [5.41, 5.74) is 0.981. The van der Waals surface area contributed by atoms with Crippen molar-refractivity contribution >= 4 is 11.8 Å². The van der Waals surface area contributed by atoms with Crippen LogP contribution in [-0.4, -0.2) is 43.0 Å². The number of carbonyl (C=O) groups is 2. The van der Waals surface area contributed by atoms with Gasteiger partial charge < -0.3 is 19.4 Å². The maximum absolute atomic E-state index is 12.3. The number of ether oxygens (including phenoxy) is 1. The molecular weight excluding hydrogens is 368 g/mol. The quantitative estimate of drug-likeness (QED) is 0.779. The molecule has 29 heavy (non-hydrogen) atoms. The maximum atomic E-state index is 12.3. The van der Waals surface area contributed by atoms with E-state index in [1.807, 2.05) is 41.3 Å². The Morgan fingerprint density at radius 1 is 1.07 bits per heavy atom. The van der Waals surface area contributed by atoms with Gasteiger partial charge in [0.1, 0.15) is 17.3 Å². The van der Waals surface area contributed by atoms with Gasteiger partial charge in [-0.25, -0.2) is 0 Å². The second-order valence-electron chi connectivity index (χ2n) is 7.94. The average molecular weight is 396 g/mol. The van der Waals surface area contributed by atoms with Crippen LogP contribution < -0.4 is 10.1 Å². The molecule has 0 bridgehead atoms. The largest absolute Gasteiger partial charge is 0.497 e. The predicted molar refractivity (Wildman–Crippen MR) is 109 cm³/mol. The lowest BCUT2D eigenvalue weighted by Crippen LogP contribution is -2.47. The van der Waals surface area contributed by atoms with Crippen LogP contribution >= 0.6 is 0 Å². The van der Waals surface area contributed by atoms with E-state index in [0.717, 1.165) is 61.6 Å². The molecule has 6 heteroatoms. The number of rotatable bonds is 7. The molecule has 1 aromatic heterocycles. The van der Waals surface area contributed by atoms with Gasteiger partial charge in [0.15, 0.2) is 0 Å². The average Bonchev–Trinajstić information content (AvgIpc) is 3.50. The first-order valence-corrected chi connectivity index (χ1v) is 10.4. The first-order valence-electron chi connectivity index (χ1n) is 10.4. The topological polar surface area (TPSA) is 71.8 Å². The van der Waals surface area contributed by atoms with Gasteiger partial charge in [0.05, 0.1) is 7.11 Å². The molecule has 2 aliphatic rings. The molecule has 6 nitrogen and oxygen atoms in total. The van der Waals surface area contributed by atoms with Gasteiger partial charge in [-0.15, -0.1) is 0 Å². The fraction of sp³-hybridized carbons (Fsp3) is 0.478. The van der Waals surface area contributed by atoms with E-state index in [9.17, 15) is 9.59 Å². The summed E-state index contributed by atoms with van der Waals surface area (Å²) in [4.78, 5) is 26.4. The summed E-state index contributed by atoms with van der Waals surface area (Å²) < 4.78 is 11.1. The molecule has 0 unspecified atom stereocenters. The summed E-state index contributed by atoms with van der Waals surface area (Å²) in [5, 5.41) is 3.11. The number of hydrogen-bond acceptors (Lipinski definition) is 4. The molecule has 2 amide bonds. The molecule has 2 aromatic rings. The molecule has 154 valence electrons. The van der Waals surface area contributed by atoms with Gasteiger partial charge in [-0.2, -0.15) is 0 Å². The zero-order chi connectivity index (χ0) is 20.2. The number of aryl methyl sites for hydroxylation is 1. The fourth-order valence-electron chi connectivity index (χ4n) is 3.79. The van der Waals surface area contributed by atoms with E-state index in [-0.39, 0.29) is 17.9 Å². The lowest BCUT2D eigenvalue weighted by Gasteiger charge is -2.32. The third-order valence-electron chi connectivity index (χ3n) is 5.73. The lowest BCUT2D eigenvalue weighted by molar-refractivity contribution is -0.133. The van der Waals surface area contributed by atoms with E-state index < -0.39 is 0 Å². The standard InChI is InChI=1S/C23H28N2O4/c1-28-19-6-4-16(5-7-19)21-10-8-20(29-21)9-11-22(26)24-18-12-14-25(15-13-18)23(27)17-2-3-17/h4-8,10,17-18H,2-3,9,11-15H2,1H3,(H,24,26). The van der Waals surface area contributed by atoms with Crippen LogP contribution in [0.2, 0.25) is 0 Å². The Morgan fingerprint density at radius 3 is 2.45 bits per heavy atom. The van der Waals surface area contributed by atoms with Crippen LogP contribution in [0.4, 0.5) is 0 Å². The normalized spacial score (nSPS) is 17.2. The minimum atomic E-state index is 0.0411. The summed E-state index contributed by atoms with van der Waals surface area (Å²) in [6.45, 7) is 1.51. The summed E-state index contributed by atoms with van der Waals surface area (Å²) >= 11 is 0. The Morgan fingerprint density at radius 2 is 1.79 bits per heavy atom. The highest BCUT2D eigenvalue weighted by Gasteiger charge is 2.35. The van der Waals surface area contributed by atoms with Crippen LogP contribution in [0, 0.1) is 5.92 Å². The summed E-state index contributed by atoms with van der Waals surface area (Å²) in [6, 6.07) is 11.7. The molecule has 2 fully saturated rings. The number of nitrogens with one attached hydrogen (secondary N) is 1. The molecular formula is C23H28N2O4. The molecule has 1 saturated heterocycles. The number of amides is 2. The van der Waals surface area contributed by atoms with E-state index in [4.69, 9.17) is 9.15 Å². The van der Waals surface area contributed by atoms with Crippen LogP contribution in [0.15, 0.2) is 40.8 Å². The monoisotopic (exact) mass is 396 g/mol. The first kappa shape index (κ1) is 19.6. The van der Waals surface area contributed by atoms with Gasteiger partial charge in [-0.3, -0.25) is 9.59 Å². The Labute approximate surface area is 171 Å². The summed E-state index contributed by atoms with van der Waals surface area (Å²) in [6.07, 6.45) is 4.74. The van der Waals surface area contributed by atoms with Crippen LogP contribution in [0.3, 0.4) is 0 Å². The van der Waals surface area contributed by atoms with Gasteiger partial charge in [-0.1, -0.05) is 0 Å². The highest BCUT2D eigenvalue weighted by Crippen LogP contribution is 2.32. The second-order valence-corrected chi connectivity index (χ2v) is 7.94. The number of piperidine rings is 1. The van der Waals surface area contributed by atoms with E-state index in [1.54, 1.807) is 7.11 Å². The van der Waals surface area contributed by atoms with Crippen LogP contribution in [0.25, 0.3) is 11.3 Å². The molecule has 1 aliphatic heterocycles.